The van der Waals surface area contributed by atoms with Crippen LogP contribution in [0, 0.1) is 5.92 Å². The number of alkyl carbamates (subject to hydrolysis) is 1. The predicted molar refractivity (Wildman–Crippen MR) is 88.9 cm³/mol. The maximum absolute atomic E-state index is 11.8. The van der Waals surface area contributed by atoms with Gasteiger partial charge in [-0.05, 0) is 46.5 Å². The van der Waals surface area contributed by atoms with Crippen molar-refractivity contribution in [2.45, 2.75) is 77.6 Å². The summed E-state index contributed by atoms with van der Waals surface area (Å²) >= 11 is 3.51. The number of alkyl halides is 1. The van der Waals surface area contributed by atoms with Gasteiger partial charge in [0.25, 0.3) is 0 Å². The highest BCUT2D eigenvalue weighted by atomic mass is 79.9. The molecular formula is C16H30BrNO3. The van der Waals surface area contributed by atoms with Crippen LogP contribution in [0.5, 0.6) is 0 Å². The minimum absolute atomic E-state index is 0.289. The summed E-state index contributed by atoms with van der Waals surface area (Å²) < 4.78 is 11.5. The molecule has 0 aliphatic heterocycles. The summed E-state index contributed by atoms with van der Waals surface area (Å²) in [7, 11) is 0. The second kappa shape index (κ2) is 7.82. The van der Waals surface area contributed by atoms with Crippen LogP contribution < -0.4 is 5.32 Å². The molecule has 124 valence electrons. The van der Waals surface area contributed by atoms with Crippen LogP contribution in [-0.4, -0.2) is 35.3 Å². The number of rotatable bonds is 5. The molecule has 0 bridgehead atoms. The number of hydrogen-bond acceptors (Lipinski definition) is 3. The number of carbonyl (C=O) groups is 1. The molecule has 1 amide bonds. The highest BCUT2D eigenvalue weighted by molar-refractivity contribution is 9.09. The van der Waals surface area contributed by atoms with Gasteiger partial charge >= 0.3 is 6.09 Å². The third-order valence-electron chi connectivity index (χ3n) is 3.63. The summed E-state index contributed by atoms with van der Waals surface area (Å²) in [4.78, 5) is 11.8. The van der Waals surface area contributed by atoms with Gasteiger partial charge in [-0.3, -0.25) is 0 Å². The first kappa shape index (κ1) is 18.8. The zero-order valence-corrected chi connectivity index (χ0v) is 15.6. The van der Waals surface area contributed by atoms with Crippen molar-refractivity contribution >= 4 is 22.0 Å². The van der Waals surface area contributed by atoms with Gasteiger partial charge in [-0.2, -0.15) is 0 Å². The molecule has 0 aromatic heterocycles. The first-order valence-electron chi connectivity index (χ1n) is 7.84. The Balaban J connectivity index is 2.46. The molecule has 1 N–H and O–H groups in total. The maximum Gasteiger partial charge on any atom is 0.407 e. The molecule has 3 unspecified atom stereocenters. The molecular weight excluding hydrogens is 334 g/mol. The lowest BCUT2D eigenvalue weighted by atomic mass is 9.88. The minimum Gasteiger partial charge on any atom is -0.444 e. The van der Waals surface area contributed by atoms with E-state index in [4.69, 9.17) is 9.47 Å². The fourth-order valence-corrected chi connectivity index (χ4v) is 2.91. The average molecular weight is 364 g/mol. The minimum atomic E-state index is -0.478. The first-order chi connectivity index (χ1) is 9.63. The van der Waals surface area contributed by atoms with Crippen molar-refractivity contribution < 1.29 is 14.3 Å². The van der Waals surface area contributed by atoms with Crippen molar-refractivity contribution in [2.24, 2.45) is 5.92 Å². The SMILES string of the molecule is CC1CCCC(OC(C)(CBr)CNC(=O)OC(C)(C)C)C1. The van der Waals surface area contributed by atoms with Gasteiger partial charge in [0.05, 0.1) is 18.2 Å². The van der Waals surface area contributed by atoms with Crippen LogP contribution in [-0.2, 0) is 9.47 Å². The van der Waals surface area contributed by atoms with Crippen molar-refractivity contribution in [1.82, 2.24) is 5.32 Å². The van der Waals surface area contributed by atoms with Crippen LogP contribution in [0.3, 0.4) is 0 Å². The van der Waals surface area contributed by atoms with Crippen LogP contribution in [0.2, 0.25) is 0 Å². The van der Waals surface area contributed by atoms with Gasteiger partial charge in [0, 0.05) is 5.33 Å². The zero-order valence-electron chi connectivity index (χ0n) is 14.0. The number of amides is 1. The van der Waals surface area contributed by atoms with E-state index < -0.39 is 17.3 Å². The zero-order chi connectivity index (χ0) is 16.1. The van der Waals surface area contributed by atoms with E-state index in [-0.39, 0.29) is 6.10 Å². The normalized spacial score (nSPS) is 26.0. The lowest BCUT2D eigenvalue weighted by Crippen LogP contribution is -2.48. The van der Waals surface area contributed by atoms with E-state index >= 15 is 0 Å². The lowest BCUT2D eigenvalue weighted by Gasteiger charge is -2.36. The third kappa shape index (κ3) is 7.50. The fraction of sp³-hybridized carbons (Fsp3) is 0.938. The molecule has 0 radical (unpaired) electrons. The summed E-state index contributed by atoms with van der Waals surface area (Å²) in [6.07, 6.45) is 4.63. The average Bonchev–Trinajstić information content (AvgIpc) is 2.34. The molecule has 0 heterocycles. The first-order valence-corrected chi connectivity index (χ1v) is 8.96. The lowest BCUT2D eigenvalue weighted by molar-refractivity contribution is -0.0857. The Hall–Kier alpha value is -0.290. The molecule has 0 aromatic carbocycles. The number of hydrogen-bond donors (Lipinski definition) is 1. The number of ether oxygens (including phenoxy) is 2. The van der Waals surface area contributed by atoms with Crippen molar-refractivity contribution in [1.29, 1.82) is 0 Å². The van der Waals surface area contributed by atoms with E-state index in [2.05, 4.69) is 28.2 Å². The van der Waals surface area contributed by atoms with E-state index in [1.54, 1.807) is 0 Å². The second-order valence-electron chi connectivity index (χ2n) is 7.45. The summed E-state index contributed by atoms with van der Waals surface area (Å²) in [5.41, 5.74) is -0.882. The van der Waals surface area contributed by atoms with Gasteiger partial charge in [-0.15, -0.1) is 0 Å². The molecule has 1 aliphatic rings. The standard InChI is InChI=1S/C16H30BrNO3/c1-12-7-6-8-13(9-12)20-16(5,10-17)11-18-14(19)21-15(2,3)4/h12-13H,6-11H2,1-5H3,(H,18,19). The molecule has 1 fully saturated rings. The molecule has 1 aliphatic carbocycles. The molecule has 0 spiro atoms. The Labute approximate surface area is 137 Å². The number of nitrogens with one attached hydrogen (secondary N) is 1. The summed E-state index contributed by atoms with van der Waals surface area (Å²) in [6.45, 7) is 10.3. The van der Waals surface area contributed by atoms with Gasteiger partial charge in [0.15, 0.2) is 0 Å². The Bertz CT molecular complexity index is 343. The van der Waals surface area contributed by atoms with Gasteiger partial charge in [-0.1, -0.05) is 35.7 Å². The highest BCUT2D eigenvalue weighted by Crippen LogP contribution is 2.29. The molecule has 21 heavy (non-hydrogen) atoms. The van der Waals surface area contributed by atoms with E-state index in [1.165, 1.54) is 12.8 Å². The Morgan fingerprint density at radius 1 is 1.29 bits per heavy atom. The molecule has 5 heteroatoms. The van der Waals surface area contributed by atoms with E-state index in [1.807, 2.05) is 27.7 Å². The molecule has 4 nitrogen and oxygen atoms in total. The van der Waals surface area contributed by atoms with Crippen LogP contribution in [0.1, 0.15) is 60.3 Å². The van der Waals surface area contributed by atoms with Gasteiger partial charge < -0.3 is 14.8 Å². The van der Waals surface area contributed by atoms with E-state index in [0.29, 0.717) is 11.9 Å². The maximum atomic E-state index is 11.8. The number of carbonyl (C=O) groups excluding carboxylic acids is 1. The monoisotopic (exact) mass is 363 g/mol. The van der Waals surface area contributed by atoms with Gasteiger partial charge in [0.1, 0.15) is 5.60 Å². The quantitative estimate of drug-likeness (QED) is 0.742. The molecule has 0 saturated heterocycles. The van der Waals surface area contributed by atoms with Crippen LogP contribution in [0.15, 0.2) is 0 Å². The molecule has 1 rings (SSSR count). The largest absolute Gasteiger partial charge is 0.444 e. The van der Waals surface area contributed by atoms with E-state index in [9.17, 15) is 4.79 Å². The fourth-order valence-electron chi connectivity index (χ4n) is 2.58. The van der Waals surface area contributed by atoms with Gasteiger partial charge in [0.2, 0.25) is 0 Å². The Morgan fingerprint density at radius 3 is 2.48 bits per heavy atom. The summed E-state index contributed by atoms with van der Waals surface area (Å²) in [6, 6.07) is 0. The molecule has 0 aromatic rings. The second-order valence-corrected chi connectivity index (χ2v) is 8.01. The van der Waals surface area contributed by atoms with Crippen LogP contribution >= 0.6 is 15.9 Å². The van der Waals surface area contributed by atoms with Gasteiger partial charge in [-0.25, -0.2) is 4.79 Å². The van der Waals surface area contributed by atoms with Crippen molar-refractivity contribution in [3.8, 4) is 0 Å². The van der Waals surface area contributed by atoms with Crippen molar-refractivity contribution in [3.63, 3.8) is 0 Å². The Kier molecular flexibility index (Phi) is 6.98. The third-order valence-corrected chi connectivity index (χ3v) is 4.81. The highest BCUT2D eigenvalue weighted by Gasteiger charge is 2.31. The molecule has 1 saturated carbocycles. The Morgan fingerprint density at radius 2 is 1.95 bits per heavy atom. The van der Waals surface area contributed by atoms with Crippen molar-refractivity contribution in [2.75, 3.05) is 11.9 Å². The van der Waals surface area contributed by atoms with Crippen molar-refractivity contribution in [3.05, 3.63) is 0 Å². The van der Waals surface area contributed by atoms with Crippen LogP contribution in [0.4, 0.5) is 4.79 Å². The smallest absolute Gasteiger partial charge is 0.407 e. The summed E-state index contributed by atoms with van der Waals surface area (Å²) in [5, 5.41) is 3.50. The molecule has 3 atom stereocenters. The van der Waals surface area contributed by atoms with Crippen LogP contribution in [0.25, 0.3) is 0 Å². The predicted octanol–water partition coefficient (Wildman–Crippen LogP) is 4.26. The summed E-state index contributed by atoms with van der Waals surface area (Å²) in [5.74, 6) is 0.724. The topological polar surface area (TPSA) is 47.6 Å². The number of halogens is 1. The van der Waals surface area contributed by atoms with E-state index in [0.717, 1.165) is 18.8 Å².